The molecule has 0 saturated heterocycles. The molecule has 29 heavy (non-hydrogen) atoms. The van der Waals surface area contributed by atoms with Gasteiger partial charge < -0.3 is 14.3 Å². The Morgan fingerprint density at radius 2 is 1.90 bits per heavy atom. The lowest BCUT2D eigenvalue weighted by molar-refractivity contribution is -0.116. The molecule has 0 aliphatic carbocycles. The minimum Gasteiger partial charge on any atom is -0.456 e. The van der Waals surface area contributed by atoms with Crippen LogP contribution in [0.5, 0.6) is 0 Å². The van der Waals surface area contributed by atoms with E-state index in [0.29, 0.717) is 40.2 Å². The molecule has 0 aliphatic heterocycles. The van der Waals surface area contributed by atoms with Gasteiger partial charge in [-0.25, -0.2) is 4.39 Å². The number of amides is 1. The lowest BCUT2D eigenvalue weighted by atomic mass is 10.1. The molecule has 4 rings (SSSR count). The largest absolute Gasteiger partial charge is 0.456 e. The number of nitrogens with zero attached hydrogens (tertiary/aromatic N) is 1. The van der Waals surface area contributed by atoms with E-state index in [1.807, 2.05) is 0 Å². The minimum atomic E-state index is -0.372. The van der Waals surface area contributed by atoms with Crippen molar-refractivity contribution >= 4 is 34.2 Å². The third-order valence-corrected chi connectivity index (χ3v) is 4.45. The molecule has 0 saturated carbocycles. The number of anilines is 1. The molecule has 2 aromatic heterocycles. The highest BCUT2D eigenvalue weighted by atomic mass is 35.5. The second-order valence-electron chi connectivity index (χ2n) is 6.36. The number of rotatable bonds is 5. The number of nitrogens with one attached hydrogen (secondary N) is 1. The number of hydrogen-bond acceptors (Lipinski definition) is 5. The van der Waals surface area contributed by atoms with Gasteiger partial charge in [-0.3, -0.25) is 9.59 Å². The fourth-order valence-corrected chi connectivity index (χ4v) is 3.01. The first kappa shape index (κ1) is 18.9. The molecule has 1 amide bonds. The van der Waals surface area contributed by atoms with E-state index >= 15 is 0 Å². The highest BCUT2D eigenvalue weighted by molar-refractivity contribution is 6.29. The standard InChI is InChI=1S/C21H14ClFN2O4/c22-20-10-15(29-25-20)6-8-21(27)24-14-5-7-18-16(9-14)17(26)11-19(28-18)12-1-3-13(23)4-2-12/h1-5,7,9-11H,6,8H2,(H,24,27). The summed E-state index contributed by atoms with van der Waals surface area (Å²) < 4.78 is 23.8. The summed E-state index contributed by atoms with van der Waals surface area (Å²) in [5.41, 5.74) is 1.17. The maximum absolute atomic E-state index is 13.1. The van der Waals surface area contributed by atoms with E-state index in [4.69, 9.17) is 20.5 Å². The van der Waals surface area contributed by atoms with Crippen LogP contribution in [0.1, 0.15) is 12.2 Å². The summed E-state index contributed by atoms with van der Waals surface area (Å²) in [5.74, 6) is 0.232. The van der Waals surface area contributed by atoms with Gasteiger partial charge in [0.2, 0.25) is 5.91 Å². The highest BCUT2D eigenvalue weighted by Crippen LogP contribution is 2.24. The fourth-order valence-electron chi connectivity index (χ4n) is 2.86. The summed E-state index contributed by atoms with van der Waals surface area (Å²) in [6, 6.07) is 13.4. The average molecular weight is 413 g/mol. The van der Waals surface area contributed by atoms with Crippen LogP contribution in [-0.4, -0.2) is 11.1 Å². The molecule has 0 bridgehead atoms. The van der Waals surface area contributed by atoms with Crippen LogP contribution < -0.4 is 10.7 Å². The smallest absolute Gasteiger partial charge is 0.224 e. The van der Waals surface area contributed by atoms with Gasteiger partial charge in [-0.2, -0.15) is 0 Å². The Morgan fingerprint density at radius 1 is 1.10 bits per heavy atom. The maximum Gasteiger partial charge on any atom is 0.224 e. The van der Waals surface area contributed by atoms with Crippen LogP contribution in [0, 0.1) is 5.82 Å². The summed E-state index contributed by atoms with van der Waals surface area (Å²) >= 11 is 5.67. The lowest BCUT2D eigenvalue weighted by Gasteiger charge is -2.07. The molecule has 0 aliphatic rings. The van der Waals surface area contributed by atoms with E-state index in [2.05, 4.69) is 10.5 Å². The molecule has 1 N–H and O–H groups in total. The summed E-state index contributed by atoms with van der Waals surface area (Å²) in [7, 11) is 0. The van der Waals surface area contributed by atoms with Crippen molar-refractivity contribution in [2.24, 2.45) is 0 Å². The van der Waals surface area contributed by atoms with Crippen molar-refractivity contribution in [3.8, 4) is 11.3 Å². The van der Waals surface area contributed by atoms with Gasteiger partial charge in [0.25, 0.3) is 0 Å². The van der Waals surface area contributed by atoms with Crippen molar-refractivity contribution < 1.29 is 18.1 Å². The summed E-state index contributed by atoms with van der Waals surface area (Å²) in [4.78, 5) is 24.7. The first-order chi connectivity index (χ1) is 14.0. The van der Waals surface area contributed by atoms with Crippen LogP contribution in [0.3, 0.4) is 0 Å². The van der Waals surface area contributed by atoms with Gasteiger partial charge in [0.05, 0.1) is 5.39 Å². The van der Waals surface area contributed by atoms with Gasteiger partial charge in [0.1, 0.15) is 22.9 Å². The molecule has 0 atom stereocenters. The first-order valence-electron chi connectivity index (χ1n) is 8.73. The zero-order valence-electron chi connectivity index (χ0n) is 14.9. The van der Waals surface area contributed by atoms with Crippen molar-refractivity contribution in [3.05, 3.63) is 81.6 Å². The zero-order valence-corrected chi connectivity index (χ0v) is 15.7. The Morgan fingerprint density at radius 3 is 2.62 bits per heavy atom. The average Bonchev–Trinajstić information content (AvgIpc) is 3.12. The van der Waals surface area contributed by atoms with Crippen molar-refractivity contribution in [1.82, 2.24) is 5.16 Å². The molecule has 4 aromatic rings. The first-order valence-corrected chi connectivity index (χ1v) is 9.10. The maximum atomic E-state index is 13.1. The molecule has 0 radical (unpaired) electrons. The van der Waals surface area contributed by atoms with E-state index in [1.165, 1.54) is 30.3 Å². The van der Waals surface area contributed by atoms with Gasteiger partial charge in [-0.1, -0.05) is 16.8 Å². The third kappa shape index (κ3) is 4.35. The molecular weight excluding hydrogens is 399 g/mol. The van der Waals surface area contributed by atoms with Crippen LogP contribution >= 0.6 is 11.6 Å². The van der Waals surface area contributed by atoms with E-state index in [-0.39, 0.29) is 28.7 Å². The Labute approximate surface area is 168 Å². The Bertz CT molecular complexity index is 1250. The fraction of sp³-hybridized carbons (Fsp3) is 0.0952. The minimum absolute atomic E-state index is 0.168. The van der Waals surface area contributed by atoms with E-state index < -0.39 is 0 Å². The van der Waals surface area contributed by atoms with Crippen molar-refractivity contribution in [1.29, 1.82) is 0 Å². The monoisotopic (exact) mass is 412 g/mol. The highest BCUT2D eigenvalue weighted by Gasteiger charge is 2.11. The van der Waals surface area contributed by atoms with Crippen LogP contribution in [0.4, 0.5) is 10.1 Å². The third-order valence-electron chi connectivity index (χ3n) is 4.27. The SMILES string of the molecule is O=C(CCc1cc(Cl)no1)Nc1ccc2oc(-c3ccc(F)cc3)cc(=O)c2c1. The van der Waals surface area contributed by atoms with E-state index in [0.717, 1.165) is 0 Å². The van der Waals surface area contributed by atoms with Crippen LogP contribution in [0.2, 0.25) is 5.15 Å². The lowest BCUT2D eigenvalue weighted by Crippen LogP contribution is -2.12. The summed E-state index contributed by atoms with van der Waals surface area (Å²) in [6.07, 6.45) is 0.518. The number of aromatic nitrogens is 1. The molecule has 0 unspecified atom stereocenters. The van der Waals surface area contributed by atoms with Gasteiger partial charge in [-0.15, -0.1) is 0 Å². The molecule has 0 fully saturated rings. The molecule has 2 heterocycles. The van der Waals surface area contributed by atoms with Gasteiger partial charge in [0, 0.05) is 36.2 Å². The predicted octanol–water partition coefficient (Wildman–Crippen LogP) is 4.81. The topological polar surface area (TPSA) is 85.3 Å². The number of carbonyl (C=O) groups excluding carboxylic acids is 1. The molecule has 6 nitrogen and oxygen atoms in total. The number of aryl methyl sites for hydroxylation is 1. The number of hydrogen-bond donors (Lipinski definition) is 1. The molecule has 8 heteroatoms. The summed E-state index contributed by atoms with van der Waals surface area (Å²) in [6.45, 7) is 0. The second kappa shape index (κ2) is 7.89. The molecule has 0 spiro atoms. The zero-order chi connectivity index (χ0) is 20.4. The van der Waals surface area contributed by atoms with Gasteiger partial charge in [-0.05, 0) is 42.5 Å². The predicted molar refractivity (Wildman–Crippen MR) is 106 cm³/mol. The Kier molecular flexibility index (Phi) is 5.14. The number of benzene rings is 2. The van der Waals surface area contributed by atoms with Gasteiger partial charge in [0.15, 0.2) is 10.6 Å². The van der Waals surface area contributed by atoms with Crippen molar-refractivity contribution in [3.63, 3.8) is 0 Å². The van der Waals surface area contributed by atoms with Crippen molar-refractivity contribution in [2.75, 3.05) is 5.32 Å². The normalized spacial score (nSPS) is 11.0. The van der Waals surface area contributed by atoms with Gasteiger partial charge >= 0.3 is 0 Å². The Balaban J connectivity index is 1.52. The summed E-state index contributed by atoms with van der Waals surface area (Å²) in [5, 5.41) is 6.85. The quantitative estimate of drug-likeness (QED) is 0.508. The van der Waals surface area contributed by atoms with E-state index in [1.54, 1.807) is 24.3 Å². The molecule has 146 valence electrons. The number of fused-ring (bicyclic) bond motifs is 1. The number of carbonyl (C=O) groups is 1. The second-order valence-corrected chi connectivity index (χ2v) is 6.74. The van der Waals surface area contributed by atoms with Crippen LogP contribution in [0.25, 0.3) is 22.3 Å². The van der Waals surface area contributed by atoms with Crippen LogP contribution in [-0.2, 0) is 11.2 Å². The molecule has 2 aromatic carbocycles. The van der Waals surface area contributed by atoms with E-state index in [9.17, 15) is 14.0 Å². The van der Waals surface area contributed by atoms with Crippen molar-refractivity contribution in [2.45, 2.75) is 12.8 Å². The molecular formula is C21H14ClFN2O4. The Hall–Kier alpha value is -3.45. The number of halogens is 2. The van der Waals surface area contributed by atoms with Crippen LogP contribution in [0.15, 0.2) is 68.3 Å².